The number of nitrogens with one attached hydrogen (secondary N) is 1. The monoisotopic (exact) mass is 409 g/mol. The highest BCUT2D eigenvalue weighted by Crippen LogP contribution is 2.28. The molecule has 1 fully saturated rings. The van der Waals surface area contributed by atoms with E-state index in [9.17, 15) is 4.79 Å². The van der Waals surface area contributed by atoms with Crippen molar-refractivity contribution in [2.75, 3.05) is 37.4 Å². The van der Waals surface area contributed by atoms with Gasteiger partial charge in [0.1, 0.15) is 5.82 Å². The molecule has 4 heterocycles. The zero-order valence-electron chi connectivity index (χ0n) is 16.2. The predicted octanol–water partition coefficient (Wildman–Crippen LogP) is 3.18. The minimum atomic E-state index is -0.286. The number of hydrogen-bond acceptors (Lipinski definition) is 7. The van der Waals surface area contributed by atoms with Gasteiger partial charge in [0.2, 0.25) is 0 Å². The summed E-state index contributed by atoms with van der Waals surface area (Å²) in [7, 11) is 0. The second-order valence-electron chi connectivity index (χ2n) is 6.99. The molecule has 0 bridgehead atoms. The topological polar surface area (TPSA) is 93.4 Å². The van der Waals surface area contributed by atoms with Crippen LogP contribution < -0.4 is 11.1 Å². The van der Waals surface area contributed by atoms with Crippen LogP contribution in [0.2, 0.25) is 0 Å². The maximum atomic E-state index is 12.7. The Kier molecular flexibility index (Phi) is 5.84. The van der Waals surface area contributed by atoms with Crippen molar-refractivity contribution < 1.29 is 9.53 Å². The van der Waals surface area contributed by atoms with Crippen LogP contribution in [-0.4, -0.2) is 47.1 Å². The van der Waals surface area contributed by atoms with E-state index in [0.717, 1.165) is 49.7 Å². The number of pyridine rings is 2. The number of ether oxygens (including phenoxy) is 1. The molecule has 0 saturated carbocycles. The van der Waals surface area contributed by atoms with E-state index in [-0.39, 0.29) is 11.7 Å². The van der Waals surface area contributed by atoms with Gasteiger partial charge in [-0.2, -0.15) is 0 Å². The van der Waals surface area contributed by atoms with Crippen molar-refractivity contribution in [1.29, 1.82) is 0 Å². The van der Waals surface area contributed by atoms with E-state index in [4.69, 9.17) is 10.5 Å². The standard InChI is InChI=1S/C21H23N5O2S/c1-14-8-17(2-3-23-14)25-21(27)19-10-15(11-24-20(19)22)16-9-18(29-13-16)12-26-4-6-28-7-5-26/h2-3,8-11,13H,4-7,12H2,1H3,(H2,22,24)(H,23,25,27). The predicted molar refractivity (Wildman–Crippen MR) is 115 cm³/mol. The average Bonchev–Trinajstić information content (AvgIpc) is 3.17. The molecule has 1 aliphatic heterocycles. The number of aryl methyl sites for hydroxylation is 1. The van der Waals surface area contributed by atoms with Crippen molar-refractivity contribution in [3.8, 4) is 11.1 Å². The molecule has 3 aromatic heterocycles. The van der Waals surface area contributed by atoms with E-state index in [1.807, 2.05) is 13.0 Å². The Balaban J connectivity index is 1.51. The fourth-order valence-corrected chi connectivity index (χ4v) is 4.17. The number of nitrogens with zero attached hydrogens (tertiary/aromatic N) is 3. The SMILES string of the molecule is Cc1cc(NC(=O)c2cc(-c3csc(CN4CCOCC4)c3)cnc2N)ccn1. The molecule has 8 heteroatoms. The molecule has 0 spiro atoms. The molecular formula is C21H23N5O2S. The lowest BCUT2D eigenvalue weighted by molar-refractivity contribution is 0.0346. The van der Waals surface area contributed by atoms with Crippen LogP contribution in [0.15, 0.2) is 42.0 Å². The summed E-state index contributed by atoms with van der Waals surface area (Å²) >= 11 is 1.71. The third-order valence-corrected chi connectivity index (χ3v) is 5.71. The van der Waals surface area contributed by atoms with Gasteiger partial charge >= 0.3 is 0 Å². The summed E-state index contributed by atoms with van der Waals surface area (Å²) in [5.41, 5.74) is 9.76. The first-order valence-corrected chi connectivity index (χ1v) is 10.3. The van der Waals surface area contributed by atoms with Gasteiger partial charge in [0, 0.05) is 53.8 Å². The third-order valence-electron chi connectivity index (χ3n) is 4.79. The van der Waals surface area contributed by atoms with Gasteiger partial charge in [0.25, 0.3) is 5.91 Å². The molecule has 4 rings (SSSR count). The number of carbonyl (C=O) groups excluding carboxylic acids is 1. The Morgan fingerprint density at radius 1 is 1.24 bits per heavy atom. The lowest BCUT2D eigenvalue weighted by Crippen LogP contribution is -2.35. The number of morpholine rings is 1. The van der Waals surface area contributed by atoms with Crippen molar-refractivity contribution in [2.24, 2.45) is 0 Å². The van der Waals surface area contributed by atoms with Crippen LogP contribution in [0.1, 0.15) is 20.9 Å². The first-order valence-electron chi connectivity index (χ1n) is 9.46. The molecule has 0 atom stereocenters. The van der Waals surface area contributed by atoms with Crippen molar-refractivity contribution in [1.82, 2.24) is 14.9 Å². The molecule has 1 saturated heterocycles. The van der Waals surface area contributed by atoms with E-state index in [2.05, 4.69) is 31.6 Å². The molecule has 0 aromatic carbocycles. The highest BCUT2D eigenvalue weighted by molar-refractivity contribution is 7.10. The van der Waals surface area contributed by atoms with Gasteiger partial charge in [-0.25, -0.2) is 4.98 Å². The van der Waals surface area contributed by atoms with E-state index in [1.165, 1.54) is 4.88 Å². The van der Waals surface area contributed by atoms with Crippen LogP contribution in [0.4, 0.5) is 11.5 Å². The minimum absolute atomic E-state index is 0.209. The average molecular weight is 410 g/mol. The van der Waals surface area contributed by atoms with Gasteiger partial charge < -0.3 is 15.8 Å². The van der Waals surface area contributed by atoms with Gasteiger partial charge in [-0.3, -0.25) is 14.7 Å². The number of amides is 1. The fraction of sp³-hybridized carbons (Fsp3) is 0.286. The fourth-order valence-electron chi connectivity index (χ4n) is 3.23. The molecule has 1 aliphatic rings. The van der Waals surface area contributed by atoms with Crippen molar-refractivity contribution in [3.05, 3.63) is 58.2 Å². The minimum Gasteiger partial charge on any atom is -0.383 e. The maximum absolute atomic E-state index is 12.7. The molecule has 7 nitrogen and oxygen atoms in total. The smallest absolute Gasteiger partial charge is 0.259 e. The first-order chi connectivity index (χ1) is 14.1. The number of thiophene rings is 1. The van der Waals surface area contributed by atoms with E-state index in [1.54, 1.807) is 35.9 Å². The molecule has 3 N–H and O–H groups in total. The Labute approximate surface area is 173 Å². The van der Waals surface area contributed by atoms with Gasteiger partial charge in [0.15, 0.2) is 0 Å². The summed E-state index contributed by atoms with van der Waals surface area (Å²) in [4.78, 5) is 24.8. The number of hydrogen-bond donors (Lipinski definition) is 2. The van der Waals surface area contributed by atoms with Crippen molar-refractivity contribution in [2.45, 2.75) is 13.5 Å². The Morgan fingerprint density at radius 2 is 2.07 bits per heavy atom. The molecule has 0 radical (unpaired) electrons. The number of anilines is 2. The summed E-state index contributed by atoms with van der Waals surface area (Å²) in [6.45, 7) is 6.26. The maximum Gasteiger partial charge on any atom is 0.259 e. The summed E-state index contributed by atoms with van der Waals surface area (Å²) < 4.78 is 5.41. The van der Waals surface area contributed by atoms with Crippen molar-refractivity contribution >= 4 is 28.7 Å². The molecule has 29 heavy (non-hydrogen) atoms. The van der Waals surface area contributed by atoms with Gasteiger partial charge in [0.05, 0.1) is 18.8 Å². The van der Waals surface area contributed by atoms with E-state index >= 15 is 0 Å². The Morgan fingerprint density at radius 3 is 2.86 bits per heavy atom. The quantitative estimate of drug-likeness (QED) is 0.672. The molecule has 0 unspecified atom stereocenters. The number of aromatic nitrogens is 2. The van der Waals surface area contributed by atoms with Crippen molar-refractivity contribution in [3.63, 3.8) is 0 Å². The van der Waals surface area contributed by atoms with Crippen LogP contribution in [0, 0.1) is 6.92 Å². The largest absolute Gasteiger partial charge is 0.383 e. The highest BCUT2D eigenvalue weighted by atomic mass is 32.1. The number of nitrogen functional groups attached to an aromatic ring is 1. The lowest BCUT2D eigenvalue weighted by Gasteiger charge is -2.25. The molecule has 1 amide bonds. The lowest BCUT2D eigenvalue weighted by atomic mass is 10.1. The Hall–Kier alpha value is -2.81. The van der Waals surface area contributed by atoms with E-state index < -0.39 is 0 Å². The van der Waals surface area contributed by atoms with Gasteiger partial charge in [-0.1, -0.05) is 0 Å². The van der Waals surface area contributed by atoms with Crippen LogP contribution in [-0.2, 0) is 11.3 Å². The first kappa shape index (κ1) is 19.5. The second kappa shape index (κ2) is 8.69. The zero-order valence-corrected chi connectivity index (χ0v) is 17.0. The number of nitrogens with two attached hydrogens (primary N) is 1. The van der Waals surface area contributed by atoms with Gasteiger partial charge in [-0.15, -0.1) is 11.3 Å². The number of carbonyl (C=O) groups is 1. The van der Waals surface area contributed by atoms with Gasteiger partial charge in [-0.05, 0) is 42.1 Å². The normalized spacial score (nSPS) is 14.7. The second-order valence-corrected chi connectivity index (χ2v) is 7.98. The molecule has 0 aliphatic carbocycles. The van der Waals surface area contributed by atoms with Crippen LogP contribution in [0.25, 0.3) is 11.1 Å². The summed E-state index contributed by atoms with van der Waals surface area (Å²) in [6, 6.07) is 7.50. The van der Waals surface area contributed by atoms with Crippen LogP contribution in [0.3, 0.4) is 0 Å². The molecule has 3 aromatic rings. The third kappa shape index (κ3) is 4.79. The zero-order chi connectivity index (χ0) is 20.2. The van der Waals surface area contributed by atoms with Crippen LogP contribution >= 0.6 is 11.3 Å². The van der Waals surface area contributed by atoms with Crippen LogP contribution in [0.5, 0.6) is 0 Å². The Bertz CT molecular complexity index is 1010. The molecule has 150 valence electrons. The van der Waals surface area contributed by atoms with E-state index in [0.29, 0.717) is 11.3 Å². The molecular weight excluding hydrogens is 386 g/mol. The summed E-state index contributed by atoms with van der Waals surface area (Å²) in [6.07, 6.45) is 3.37. The highest BCUT2D eigenvalue weighted by Gasteiger charge is 2.15. The summed E-state index contributed by atoms with van der Waals surface area (Å²) in [5, 5.41) is 4.96. The number of rotatable bonds is 5. The summed E-state index contributed by atoms with van der Waals surface area (Å²) in [5.74, 6) is -0.0768.